The number of benzene rings is 2. The third-order valence-electron chi connectivity index (χ3n) is 2.83. The van der Waals surface area contributed by atoms with Crippen molar-refractivity contribution in [3.63, 3.8) is 0 Å². The summed E-state index contributed by atoms with van der Waals surface area (Å²) in [5.74, 6) is -0.174. The van der Waals surface area contributed by atoms with E-state index in [9.17, 15) is 4.39 Å². The van der Waals surface area contributed by atoms with Crippen LogP contribution in [-0.2, 0) is 6.42 Å². The molecule has 0 amide bonds. The highest BCUT2D eigenvalue weighted by Crippen LogP contribution is 2.31. The Morgan fingerprint density at radius 3 is 2.44 bits per heavy atom. The molecule has 0 fully saturated rings. The topological polar surface area (TPSA) is 0 Å². The number of hydrogen-bond acceptors (Lipinski definition) is 0. The number of hydrogen-bond donors (Lipinski definition) is 0. The lowest BCUT2D eigenvalue weighted by Crippen LogP contribution is -1.98. The van der Waals surface area contributed by atoms with Gasteiger partial charge in [0, 0.05) is 14.9 Å². The van der Waals surface area contributed by atoms with Crippen molar-refractivity contribution in [1.82, 2.24) is 0 Å². The number of rotatable bonds is 3. The molecule has 2 rings (SSSR count). The molecule has 0 saturated carbocycles. The third-order valence-corrected chi connectivity index (χ3v) is 4.14. The molecular weight excluding hydrogens is 359 g/mol. The monoisotopic (exact) mass is 370 g/mol. The van der Waals surface area contributed by atoms with Gasteiger partial charge in [-0.25, -0.2) is 4.39 Å². The summed E-state index contributed by atoms with van der Waals surface area (Å²) >= 11 is 6.94. The van der Waals surface area contributed by atoms with E-state index in [1.807, 2.05) is 6.07 Å². The summed E-state index contributed by atoms with van der Waals surface area (Å²) in [4.78, 5) is -0.0160. The zero-order valence-electron chi connectivity index (χ0n) is 9.96. The zero-order chi connectivity index (χ0) is 13.1. The van der Waals surface area contributed by atoms with Crippen molar-refractivity contribution in [1.29, 1.82) is 0 Å². The highest BCUT2D eigenvalue weighted by atomic mass is 79.9. The molecule has 0 bridgehead atoms. The van der Waals surface area contributed by atoms with Gasteiger partial charge >= 0.3 is 0 Å². The molecule has 0 radical (unpaired) electrons. The van der Waals surface area contributed by atoms with Gasteiger partial charge in [-0.05, 0) is 37.1 Å². The minimum Gasteiger partial charge on any atom is -0.207 e. The zero-order valence-corrected chi connectivity index (χ0v) is 13.1. The SMILES string of the molecule is Cc1ccc(CC(Br)c2cc(Br)ccc2F)cc1. The molecule has 3 heteroatoms. The van der Waals surface area contributed by atoms with Crippen LogP contribution in [0.4, 0.5) is 4.39 Å². The van der Waals surface area contributed by atoms with E-state index in [0.29, 0.717) is 5.56 Å². The van der Waals surface area contributed by atoms with Gasteiger partial charge in [0.15, 0.2) is 0 Å². The lowest BCUT2D eigenvalue weighted by Gasteiger charge is -2.12. The summed E-state index contributed by atoms with van der Waals surface area (Å²) in [7, 11) is 0. The molecule has 0 N–H and O–H groups in total. The third kappa shape index (κ3) is 3.42. The van der Waals surface area contributed by atoms with Crippen molar-refractivity contribution in [3.05, 3.63) is 69.4 Å². The predicted octanol–water partition coefficient (Wildman–Crippen LogP) is 5.58. The lowest BCUT2D eigenvalue weighted by atomic mass is 10.0. The van der Waals surface area contributed by atoms with E-state index in [0.717, 1.165) is 10.9 Å². The van der Waals surface area contributed by atoms with Gasteiger partial charge in [0.2, 0.25) is 0 Å². The van der Waals surface area contributed by atoms with Crippen molar-refractivity contribution >= 4 is 31.9 Å². The molecule has 0 heterocycles. The Labute approximate surface area is 123 Å². The van der Waals surface area contributed by atoms with Crippen LogP contribution in [0.25, 0.3) is 0 Å². The van der Waals surface area contributed by atoms with Crippen LogP contribution in [0, 0.1) is 12.7 Å². The first-order valence-corrected chi connectivity index (χ1v) is 7.41. The van der Waals surface area contributed by atoms with Gasteiger partial charge in [0.05, 0.1) is 0 Å². The van der Waals surface area contributed by atoms with Crippen molar-refractivity contribution in [3.8, 4) is 0 Å². The van der Waals surface area contributed by atoms with Gasteiger partial charge in [-0.1, -0.05) is 61.7 Å². The summed E-state index contributed by atoms with van der Waals surface area (Å²) in [6.07, 6.45) is 0.771. The number of alkyl halides is 1. The Kier molecular flexibility index (Phi) is 4.57. The molecule has 0 aliphatic heterocycles. The Morgan fingerprint density at radius 2 is 1.78 bits per heavy atom. The average Bonchev–Trinajstić information content (AvgIpc) is 2.35. The molecule has 94 valence electrons. The maximum Gasteiger partial charge on any atom is 0.127 e. The maximum atomic E-state index is 13.7. The molecule has 0 aromatic heterocycles. The van der Waals surface area contributed by atoms with Gasteiger partial charge < -0.3 is 0 Å². The largest absolute Gasteiger partial charge is 0.207 e. The summed E-state index contributed by atoms with van der Waals surface area (Å²) in [5, 5.41) is 0. The van der Waals surface area contributed by atoms with E-state index < -0.39 is 0 Å². The molecule has 1 unspecified atom stereocenters. The first kappa shape index (κ1) is 13.8. The Balaban J connectivity index is 2.18. The highest BCUT2D eigenvalue weighted by Gasteiger charge is 2.13. The predicted molar refractivity (Wildman–Crippen MR) is 80.7 cm³/mol. The van der Waals surface area contributed by atoms with Crippen molar-refractivity contribution in [2.75, 3.05) is 0 Å². The summed E-state index contributed by atoms with van der Waals surface area (Å²) in [6.45, 7) is 2.06. The molecule has 0 spiro atoms. The van der Waals surface area contributed by atoms with Crippen LogP contribution in [-0.4, -0.2) is 0 Å². The molecule has 1 atom stereocenters. The summed E-state index contributed by atoms with van der Waals surface area (Å²) in [5.41, 5.74) is 3.12. The first-order chi connectivity index (χ1) is 8.56. The van der Waals surface area contributed by atoms with E-state index in [2.05, 4.69) is 63.0 Å². The minimum atomic E-state index is -0.174. The van der Waals surface area contributed by atoms with E-state index >= 15 is 0 Å². The quantitative estimate of drug-likeness (QED) is 0.618. The van der Waals surface area contributed by atoms with Crippen LogP contribution < -0.4 is 0 Å². The van der Waals surface area contributed by atoms with Crippen molar-refractivity contribution in [2.45, 2.75) is 18.2 Å². The van der Waals surface area contributed by atoms with Crippen molar-refractivity contribution < 1.29 is 4.39 Å². The number of halogens is 3. The summed E-state index contributed by atoms with van der Waals surface area (Å²) in [6, 6.07) is 13.3. The maximum absolute atomic E-state index is 13.7. The van der Waals surface area contributed by atoms with E-state index in [-0.39, 0.29) is 10.6 Å². The van der Waals surface area contributed by atoms with Crippen LogP contribution in [0.2, 0.25) is 0 Å². The Hall–Kier alpha value is -0.670. The van der Waals surface area contributed by atoms with E-state index in [1.54, 1.807) is 6.07 Å². The fourth-order valence-electron chi connectivity index (χ4n) is 1.80. The normalized spacial score (nSPS) is 12.4. The smallest absolute Gasteiger partial charge is 0.127 e. The van der Waals surface area contributed by atoms with Gasteiger partial charge in [0.1, 0.15) is 5.82 Å². The van der Waals surface area contributed by atoms with Crippen LogP contribution in [0.1, 0.15) is 21.5 Å². The molecular formula is C15H13Br2F. The van der Waals surface area contributed by atoms with Crippen LogP contribution in [0.15, 0.2) is 46.9 Å². The Morgan fingerprint density at radius 1 is 1.11 bits per heavy atom. The first-order valence-electron chi connectivity index (χ1n) is 5.71. The molecule has 0 saturated heterocycles. The van der Waals surface area contributed by atoms with E-state index in [1.165, 1.54) is 17.2 Å². The highest BCUT2D eigenvalue weighted by molar-refractivity contribution is 9.10. The Bertz CT molecular complexity index is 535. The number of aryl methyl sites for hydroxylation is 1. The second-order valence-electron chi connectivity index (χ2n) is 4.32. The fourth-order valence-corrected chi connectivity index (χ4v) is 2.90. The van der Waals surface area contributed by atoms with Gasteiger partial charge in [-0.3, -0.25) is 0 Å². The van der Waals surface area contributed by atoms with Crippen LogP contribution in [0.3, 0.4) is 0 Å². The van der Waals surface area contributed by atoms with Gasteiger partial charge in [0.25, 0.3) is 0 Å². The van der Waals surface area contributed by atoms with Crippen molar-refractivity contribution in [2.24, 2.45) is 0 Å². The molecule has 0 aliphatic rings. The second-order valence-corrected chi connectivity index (χ2v) is 6.34. The summed E-state index contributed by atoms with van der Waals surface area (Å²) < 4.78 is 14.6. The van der Waals surface area contributed by atoms with E-state index in [4.69, 9.17) is 0 Å². The van der Waals surface area contributed by atoms with Crippen LogP contribution >= 0.6 is 31.9 Å². The molecule has 2 aromatic carbocycles. The lowest BCUT2D eigenvalue weighted by molar-refractivity contribution is 0.607. The second kappa shape index (κ2) is 5.98. The van der Waals surface area contributed by atoms with Gasteiger partial charge in [-0.15, -0.1) is 0 Å². The fraction of sp³-hybridized carbons (Fsp3) is 0.200. The van der Waals surface area contributed by atoms with Crippen LogP contribution in [0.5, 0.6) is 0 Å². The minimum absolute atomic E-state index is 0.0160. The van der Waals surface area contributed by atoms with Gasteiger partial charge in [-0.2, -0.15) is 0 Å². The standard InChI is InChI=1S/C15H13Br2F/c1-10-2-4-11(5-3-10)8-14(17)13-9-12(16)6-7-15(13)18/h2-7,9,14H,8H2,1H3. The molecule has 0 nitrogen and oxygen atoms in total. The molecule has 2 aromatic rings. The molecule has 0 aliphatic carbocycles. The molecule has 18 heavy (non-hydrogen) atoms. The average molecular weight is 372 g/mol.